The largest absolute Gasteiger partial charge is 0.392 e. The second-order valence-electron chi connectivity index (χ2n) is 4.50. The lowest BCUT2D eigenvalue weighted by Crippen LogP contribution is -1.87. The van der Waals surface area contributed by atoms with Gasteiger partial charge in [-0.25, -0.2) is 0 Å². The molecule has 0 radical (unpaired) electrons. The van der Waals surface area contributed by atoms with Gasteiger partial charge in [0.1, 0.15) is 0 Å². The third-order valence-corrected chi connectivity index (χ3v) is 4.62. The van der Waals surface area contributed by atoms with Crippen molar-refractivity contribution in [1.82, 2.24) is 10.1 Å². The maximum absolute atomic E-state index is 9.00. The highest BCUT2D eigenvalue weighted by Crippen LogP contribution is 2.22. The van der Waals surface area contributed by atoms with Crippen molar-refractivity contribution in [2.75, 3.05) is 0 Å². The van der Waals surface area contributed by atoms with E-state index in [9.17, 15) is 0 Å². The first-order chi connectivity index (χ1) is 10.3. The number of aliphatic hydroxyl groups excluding tert-OH is 1. The molecule has 0 fully saturated rings. The Morgan fingerprint density at radius 1 is 1.10 bits per heavy atom. The fourth-order valence-corrected chi connectivity index (χ4v) is 3.28. The van der Waals surface area contributed by atoms with Crippen molar-refractivity contribution in [3.05, 3.63) is 58.0 Å². The van der Waals surface area contributed by atoms with Crippen LogP contribution in [-0.2, 0) is 18.1 Å². The molecule has 0 bridgehead atoms. The van der Waals surface area contributed by atoms with E-state index >= 15 is 0 Å². The summed E-state index contributed by atoms with van der Waals surface area (Å²) in [5.74, 6) is 2.90. The van der Waals surface area contributed by atoms with Crippen LogP contribution in [0.15, 0.2) is 45.6 Å². The first-order valence-corrected chi connectivity index (χ1v) is 8.56. The van der Waals surface area contributed by atoms with Crippen molar-refractivity contribution in [2.45, 2.75) is 18.1 Å². The van der Waals surface area contributed by atoms with E-state index in [-0.39, 0.29) is 6.61 Å². The number of benzene rings is 1. The van der Waals surface area contributed by atoms with Crippen LogP contribution in [-0.4, -0.2) is 15.2 Å². The zero-order valence-corrected chi connectivity index (χ0v) is 12.9. The first-order valence-electron chi connectivity index (χ1n) is 6.47. The number of aliphatic hydroxyl groups is 1. The Kier molecular flexibility index (Phi) is 4.69. The molecular formula is C15H14N2O2S2. The molecule has 0 saturated carbocycles. The minimum atomic E-state index is 0.0850. The lowest BCUT2D eigenvalue weighted by Gasteiger charge is -2.01. The Labute approximate surface area is 130 Å². The summed E-state index contributed by atoms with van der Waals surface area (Å²) in [6.07, 6.45) is 0. The third-order valence-electron chi connectivity index (χ3n) is 2.94. The van der Waals surface area contributed by atoms with Crippen LogP contribution < -0.4 is 0 Å². The number of thioether (sulfide) groups is 1. The van der Waals surface area contributed by atoms with Crippen LogP contribution >= 0.6 is 23.1 Å². The maximum atomic E-state index is 9.00. The van der Waals surface area contributed by atoms with E-state index in [4.69, 9.17) is 9.63 Å². The summed E-state index contributed by atoms with van der Waals surface area (Å²) in [5.41, 5.74) is 3.13. The molecule has 2 aromatic heterocycles. The molecule has 0 aliphatic heterocycles. The van der Waals surface area contributed by atoms with Gasteiger partial charge in [-0.1, -0.05) is 29.4 Å². The highest BCUT2D eigenvalue weighted by Gasteiger charge is 2.08. The monoisotopic (exact) mass is 318 g/mol. The van der Waals surface area contributed by atoms with Gasteiger partial charge in [0.05, 0.1) is 17.9 Å². The molecule has 0 saturated heterocycles. The number of nitrogens with zero attached hydrogens (tertiary/aromatic N) is 2. The maximum Gasteiger partial charge on any atom is 0.258 e. The average Bonchev–Trinajstić information content (AvgIpc) is 3.19. The van der Waals surface area contributed by atoms with Crippen molar-refractivity contribution >= 4 is 23.1 Å². The van der Waals surface area contributed by atoms with E-state index in [1.54, 1.807) is 23.1 Å². The molecule has 21 heavy (non-hydrogen) atoms. The van der Waals surface area contributed by atoms with Gasteiger partial charge in [0.15, 0.2) is 5.82 Å². The van der Waals surface area contributed by atoms with Crippen LogP contribution in [0.25, 0.3) is 11.5 Å². The Bertz CT molecular complexity index is 678. The molecule has 1 aromatic carbocycles. The number of hydrogen-bond acceptors (Lipinski definition) is 6. The zero-order chi connectivity index (χ0) is 14.5. The van der Waals surface area contributed by atoms with E-state index < -0.39 is 0 Å². The number of thiophene rings is 1. The van der Waals surface area contributed by atoms with Crippen molar-refractivity contribution in [3.8, 4) is 11.5 Å². The Hall–Kier alpha value is -1.63. The molecular weight excluding hydrogens is 304 g/mol. The minimum absolute atomic E-state index is 0.0850. The van der Waals surface area contributed by atoms with Gasteiger partial charge >= 0.3 is 0 Å². The predicted octanol–water partition coefficient (Wildman–Crippen LogP) is 3.72. The molecule has 6 heteroatoms. The smallest absolute Gasteiger partial charge is 0.258 e. The number of hydrogen-bond donors (Lipinski definition) is 1. The van der Waals surface area contributed by atoms with Gasteiger partial charge in [-0.3, -0.25) is 0 Å². The second-order valence-corrected chi connectivity index (χ2v) is 6.26. The van der Waals surface area contributed by atoms with Crippen molar-refractivity contribution in [2.24, 2.45) is 0 Å². The Morgan fingerprint density at radius 2 is 1.90 bits per heavy atom. The van der Waals surface area contributed by atoms with Gasteiger partial charge in [-0.05, 0) is 22.6 Å². The van der Waals surface area contributed by atoms with E-state index in [1.807, 2.05) is 41.1 Å². The van der Waals surface area contributed by atoms with Crippen LogP contribution in [0.4, 0.5) is 0 Å². The molecule has 0 amide bonds. The summed E-state index contributed by atoms with van der Waals surface area (Å²) in [5, 5.41) is 17.0. The van der Waals surface area contributed by atoms with Gasteiger partial charge in [0.2, 0.25) is 0 Å². The SMILES string of the molecule is OCc1ccc(CSCc2noc(-c3ccsc3)n2)cc1. The Balaban J connectivity index is 1.53. The number of aromatic nitrogens is 2. The summed E-state index contributed by atoms with van der Waals surface area (Å²) >= 11 is 3.35. The van der Waals surface area contributed by atoms with Gasteiger partial charge < -0.3 is 9.63 Å². The van der Waals surface area contributed by atoms with Crippen molar-refractivity contribution in [1.29, 1.82) is 0 Å². The minimum Gasteiger partial charge on any atom is -0.392 e. The lowest BCUT2D eigenvalue weighted by atomic mass is 10.2. The van der Waals surface area contributed by atoms with Gasteiger partial charge in [0, 0.05) is 11.1 Å². The summed E-state index contributed by atoms with van der Waals surface area (Å²) in [7, 11) is 0. The van der Waals surface area contributed by atoms with Crippen molar-refractivity contribution in [3.63, 3.8) is 0 Å². The first kappa shape index (κ1) is 14.3. The topological polar surface area (TPSA) is 59.2 Å². The normalized spacial score (nSPS) is 10.9. The molecule has 4 nitrogen and oxygen atoms in total. The van der Waals surface area contributed by atoms with E-state index in [1.165, 1.54) is 5.56 Å². The molecule has 0 aliphatic rings. The van der Waals surface area contributed by atoms with Gasteiger partial charge in [-0.15, -0.1) is 11.8 Å². The highest BCUT2D eigenvalue weighted by molar-refractivity contribution is 7.97. The highest BCUT2D eigenvalue weighted by atomic mass is 32.2. The van der Waals surface area contributed by atoms with Gasteiger partial charge in [-0.2, -0.15) is 16.3 Å². The van der Waals surface area contributed by atoms with Crippen LogP contribution in [0, 0.1) is 0 Å². The quantitative estimate of drug-likeness (QED) is 0.750. The molecule has 3 aromatic rings. The van der Waals surface area contributed by atoms with Crippen molar-refractivity contribution < 1.29 is 9.63 Å². The summed E-state index contributed by atoms with van der Waals surface area (Å²) in [6.45, 7) is 0.0850. The molecule has 0 atom stereocenters. The standard InChI is InChI=1S/C15H14N2O2S2/c18-7-11-1-3-12(4-2-11)8-21-10-14-16-15(19-17-14)13-5-6-20-9-13/h1-6,9,18H,7-8,10H2. The fourth-order valence-electron chi connectivity index (χ4n) is 1.82. The van der Waals surface area contributed by atoms with E-state index in [2.05, 4.69) is 10.1 Å². The van der Waals surface area contributed by atoms with Crippen LogP contribution in [0.1, 0.15) is 17.0 Å². The molecule has 0 aliphatic carbocycles. The van der Waals surface area contributed by atoms with E-state index in [0.717, 1.165) is 22.6 Å². The Morgan fingerprint density at radius 3 is 2.62 bits per heavy atom. The molecule has 1 N–H and O–H groups in total. The second kappa shape index (κ2) is 6.89. The predicted molar refractivity (Wildman–Crippen MR) is 85.0 cm³/mol. The molecule has 3 rings (SSSR count). The van der Waals surface area contributed by atoms with E-state index in [0.29, 0.717) is 11.7 Å². The van der Waals surface area contributed by atoms with Crippen LogP contribution in [0.2, 0.25) is 0 Å². The summed E-state index contributed by atoms with van der Waals surface area (Å²) in [6, 6.07) is 9.92. The zero-order valence-electron chi connectivity index (χ0n) is 11.2. The van der Waals surface area contributed by atoms with Crippen LogP contribution in [0.3, 0.4) is 0 Å². The molecule has 108 valence electrons. The van der Waals surface area contributed by atoms with Gasteiger partial charge in [0.25, 0.3) is 5.89 Å². The average molecular weight is 318 g/mol. The summed E-state index contributed by atoms with van der Waals surface area (Å²) < 4.78 is 5.25. The number of rotatable bonds is 6. The lowest BCUT2D eigenvalue weighted by molar-refractivity contribution is 0.282. The third kappa shape index (κ3) is 3.72. The molecule has 2 heterocycles. The summed E-state index contributed by atoms with van der Waals surface area (Å²) in [4.78, 5) is 4.39. The fraction of sp³-hybridized carbons (Fsp3) is 0.200. The van der Waals surface area contributed by atoms with Crippen LogP contribution in [0.5, 0.6) is 0 Å². The molecule has 0 spiro atoms. The molecule has 0 unspecified atom stereocenters.